The molecule has 0 amide bonds. The van der Waals surface area contributed by atoms with Gasteiger partial charge in [0.15, 0.2) is 0 Å². The summed E-state index contributed by atoms with van der Waals surface area (Å²) in [5.74, 6) is 0.280. The number of nitrogens with zero attached hydrogens (tertiary/aromatic N) is 2. The molecule has 4 heteroatoms. The molecule has 0 aliphatic heterocycles. The van der Waals surface area contributed by atoms with Crippen LogP contribution in [0.25, 0.3) is 64.6 Å². The molecule has 0 aliphatic carbocycles. The predicted molar refractivity (Wildman–Crippen MR) is 242 cm³/mol. The van der Waals surface area contributed by atoms with Crippen LogP contribution in [0, 0.1) is 0 Å². The third kappa shape index (κ3) is 7.15. The average molecular weight is 751 g/mol. The van der Waals surface area contributed by atoms with Crippen molar-refractivity contribution in [3.63, 3.8) is 0 Å². The Morgan fingerprint density at radius 2 is 1.16 bits per heavy atom. The molecule has 280 valence electrons. The minimum Gasteiger partial charge on any atom is -0.507 e. The Labute approximate surface area is 335 Å². The van der Waals surface area contributed by atoms with Crippen molar-refractivity contribution in [2.45, 2.75) is 78.6 Å². The Balaban J connectivity index is 1.27. The standard InChI is InChI=1S/C52H50N2OS/c1-50(2,3)39-27-38(48(55)44(29-39)52(7,8)9)31-53-46-41-17-13-12-15-34(41)24-25-42(46)49-54-47-43(28-40(51(4,5)6)30-45(47)56-49)35-21-18-33(19-22-35)37-23-20-32-14-10-11-16-36(32)26-37/h10-31,55H,1-9H3. The summed E-state index contributed by atoms with van der Waals surface area (Å²) >= 11 is 1.72. The van der Waals surface area contributed by atoms with Crippen molar-refractivity contribution >= 4 is 55.0 Å². The summed E-state index contributed by atoms with van der Waals surface area (Å²) in [5.41, 5.74) is 11.2. The lowest BCUT2D eigenvalue weighted by atomic mass is 9.79. The van der Waals surface area contributed by atoms with Crippen molar-refractivity contribution in [2.75, 3.05) is 0 Å². The molecule has 56 heavy (non-hydrogen) atoms. The molecule has 0 fully saturated rings. The molecule has 1 aromatic heterocycles. The van der Waals surface area contributed by atoms with E-state index in [-0.39, 0.29) is 22.0 Å². The highest BCUT2D eigenvalue weighted by atomic mass is 32.1. The molecule has 1 heterocycles. The maximum atomic E-state index is 11.6. The fourth-order valence-corrected chi connectivity index (χ4v) is 8.53. The molecular formula is C52H50N2OS. The quantitative estimate of drug-likeness (QED) is 0.178. The summed E-state index contributed by atoms with van der Waals surface area (Å²) in [6.07, 6.45) is 1.85. The molecule has 0 unspecified atom stereocenters. The summed E-state index contributed by atoms with van der Waals surface area (Å²) in [6.45, 7) is 19.9. The minimum atomic E-state index is -0.236. The topological polar surface area (TPSA) is 45.5 Å². The highest BCUT2D eigenvalue weighted by Crippen LogP contribution is 2.45. The van der Waals surface area contributed by atoms with Gasteiger partial charge in [0.1, 0.15) is 10.8 Å². The molecule has 1 N–H and O–H groups in total. The number of aromatic hydroxyl groups is 1. The SMILES string of the molecule is CC(C)(C)c1cc(C=Nc2c(-c3nc4c(-c5ccc(-c6ccc7ccccc7c6)cc5)cc(C(C)(C)C)cc4s3)ccc3ccccc23)c(O)c(C(C)(C)C)c1. The molecule has 0 atom stereocenters. The van der Waals surface area contributed by atoms with E-state index in [1.165, 1.54) is 33.0 Å². The second kappa shape index (κ2) is 13.9. The van der Waals surface area contributed by atoms with Gasteiger partial charge in [-0.05, 0) is 90.6 Å². The summed E-state index contributed by atoms with van der Waals surface area (Å²) in [6, 6.07) is 45.7. The number of aliphatic imine (C=N–C) groups is 1. The second-order valence-corrected chi connectivity index (χ2v) is 19.2. The Morgan fingerprint density at radius 3 is 1.86 bits per heavy atom. The van der Waals surface area contributed by atoms with Crippen LogP contribution in [0.4, 0.5) is 5.69 Å². The van der Waals surface area contributed by atoms with Crippen LogP contribution in [0.2, 0.25) is 0 Å². The van der Waals surface area contributed by atoms with Crippen molar-refractivity contribution in [3.05, 3.63) is 150 Å². The maximum absolute atomic E-state index is 11.6. The molecule has 0 saturated heterocycles. The number of phenols is 1. The predicted octanol–water partition coefficient (Wildman–Crippen LogP) is 15.0. The maximum Gasteiger partial charge on any atom is 0.128 e. The van der Waals surface area contributed by atoms with E-state index in [0.29, 0.717) is 0 Å². The van der Waals surface area contributed by atoms with Gasteiger partial charge in [0.2, 0.25) is 0 Å². The number of phenolic OH excluding ortho intramolecular Hbond substituents is 1. The first-order chi connectivity index (χ1) is 26.5. The first-order valence-corrected chi connectivity index (χ1v) is 20.4. The lowest BCUT2D eigenvalue weighted by molar-refractivity contribution is 0.444. The van der Waals surface area contributed by atoms with Crippen molar-refractivity contribution < 1.29 is 5.11 Å². The van der Waals surface area contributed by atoms with Gasteiger partial charge in [0, 0.05) is 33.9 Å². The Bertz CT molecular complexity index is 2800. The van der Waals surface area contributed by atoms with Gasteiger partial charge in [-0.2, -0.15) is 0 Å². The number of thiazole rings is 1. The molecule has 0 aliphatic rings. The summed E-state index contributed by atoms with van der Waals surface area (Å²) in [7, 11) is 0. The van der Waals surface area contributed by atoms with Gasteiger partial charge in [-0.25, -0.2) is 4.98 Å². The molecular weight excluding hydrogens is 701 g/mol. The first kappa shape index (κ1) is 37.3. The molecule has 0 radical (unpaired) electrons. The number of aromatic nitrogens is 1. The zero-order valence-electron chi connectivity index (χ0n) is 34.0. The highest BCUT2D eigenvalue weighted by Gasteiger charge is 2.25. The van der Waals surface area contributed by atoms with E-state index in [2.05, 4.69) is 190 Å². The zero-order valence-corrected chi connectivity index (χ0v) is 34.8. The van der Waals surface area contributed by atoms with E-state index >= 15 is 0 Å². The smallest absolute Gasteiger partial charge is 0.128 e. The summed E-state index contributed by atoms with van der Waals surface area (Å²) in [5, 5.41) is 17.2. The van der Waals surface area contributed by atoms with Gasteiger partial charge in [-0.15, -0.1) is 11.3 Å². The molecule has 0 bridgehead atoms. The van der Waals surface area contributed by atoms with Crippen LogP contribution in [0.5, 0.6) is 5.75 Å². The van der Waals surface area contributed by atoms with E-state index in [1.54, 1.807) is 11.3 Å². The van der Waals surface area contributed by atoms with Crippen LogP contribution < -0.4 is 0 Å². The third-order valence-electron chi connectivity index (χ3n) is 10.9. The van der Waals surface area contributed by atoms with Crippen LogP contribution >= 0.6 is 11.3 Å². The Hall–Kier alpha value is -5.58. The fourth-order valence-electron chi connectivity index (χ4n) is 7.47. The fraction of sp³-hybridized carbons (Fsp3) is 0.231. The molecule has 0 saturated carbocycles. The van der Waals surface area contributed by atoms with Gasteiger partial charge >= 0.3 is 0 Å². The van der Waals surface area contributed by atoms with Crippen LogP contribution in [-0.4, -0.2) is 16.3 Å². The number of hydrogen-bond acceptors (Lipinski definition) is 4. The third-order valence-corrected chi connectivity index (χ3v) is 12.0. The zero-order chi connectivity index (χ0) is 39.6. The molecule has 7 aromatic carbocycles. The van der Waals surface area contributed by atoms with E-state index in [1.807, 2.05) is 6.21 Å². The van der Waals surface area contributed by atoms with Crippen LogP contribution in [-0.2, 0) is 16.2 Å². The first-order valence-electron chi connectivity index (χ1n) is 19.5. The Kier molecular flexibility index (Phi) is 9.25. The van der Waals surface area contributed by atoms with E-state index in [0.717, 1.165) is 59.5 Å². The Morgan fingerprint density at radius 1 is 0.554 bits per heavy atom. The van der Waals surface area contributed by atoms with Gasteiger partial charge < -0.3 is 5.11 Å². The summed E-state index contributed by atoms with van der Waals surface area (Å²) in [4.78, 5) is 10.7. The molecule has 0 spiro atoms. The molecule has 8 rings (SSSR count). The normalized spacial score (nSPS) is 12.7. The average Bonchev–Trinajstić information content (AvgIpc) is 3.60. The van der Waals surface area contributed by atoms with Crippen molar-refractivity contribution in [1.82, 2.24) is 4.98 Å². The van der Waals surface area contributed by atoms with Gasteiger partial charge in [0.25, 0.3) is 0 Å². The van der Waals surface area contributed by atoms with Crippen molar-refractivity contribution in [2.24, 2.45) is 4.99 Å². The van der Waals surface area contributed by atoms with Gasteiger partial charge in [-0.1, -0.05) is 159 Å². The number of hydrogen-bond donors (Lipinski definition) is 1. The molecule has 8 aromatic rings. The van der Waals surface area contributed by atoms with Gasteiger partial charge in [0.05, 0.1) is 15.9 Å². The van der Waals surface area contributed by atoms with Crippen molar-refractivity contribution in [1.29, 1.82) is 0 Å². The number of benzene rings is 7. The van der Waals surface area contributed by atoms with Crippen molar-refractivity contribution in [3.8, 4) is 38.6 Å². The monoisotopic (exact) mass is 750 g/mol. The van der Waals surface area contributed by atoms with Gasteiger partial charge in [-0.3, -0.25) is 4.99 Å². The van der Waals surface area contributed by atoms with E-state index in [4.69, 9.17) is 9.98 Å². The van der Waals surface area contributed by atoms with E-state index < -0.39 is 0 Å². The van der Waals surface area contributed by atoms with E-state index in [9.17, 15) is 5.11 Å². The van der Waals surface area contributed by atoms with Crippen LogP contribution in [0.15, 0.2) is 132 Å². The van der Waals surface area contributed by atoms with Crippen LogP contribution in [0.3, 0.4) is 0 Å². The number of rotatable bonds is 5. The minimum absolute atomic E-state index is 0.0496. The highest BCUT2D eigenvalue weighted by molar-refractivity contribution is 7.21. The van der Waals surface area contributed by atoms with Crippen LogP contribution in [0.1, 0.15) is 84.6 Å². The lowest BCUT2D eigenvalue weighted by Gasteiger charge is -2.27. The largest absolute Gasteiger partial charge is 0.507 e. The lowest BCUT2D eigenvalue weighted by Crippen LogP contribution is -2.17. The molecule has 3 nitrogen and oxygen atoms in total. The second-order valence-electron chi connectivity index (χ2n) is 18.2. The number of fused-ring (bicyclic) bond motifs is 3. The summed E-state index contributed by atoms with van der Waals surface area (Å²) < 4.78 is 1.15.